The van der Waals surface area contributed by atoms with Gasteiger partial charge in [0.15, 0.2) is 0 Å². The van der Waals surface area contributed by atoms with Crippen molar-refractivity contribution in [2.75, 3.05) is 17.2 Å². The van der Waals surface area contributed by atoms with Crippen LogP contribution in [0.3, 0.4) is 0 Å². The van der Waals surface area contributed by atoms with Gasteiger partial charge in [0.05, 0.1) is 17.9 Å². The van der Waals surface area contributed by atoms with Gasteiger partial charge in [-0.3, -0.25) is 9.59 Å². The first-order valence-corrected chi connectivity index (χ1v) is 5.77. The third-order valence-corrected chi connectivity index (χ3v) is 3.20. The molecule has 1 aliphatic heterocycles. The van der Waals surface area contributed by atoms with Gasteiger partial charge in [-0.2, -0.15) is 0 Å². The molecule has 0 saturated heterocycles. The maximum atomic E-state index is 11.7. The number of nitrogens with zero attached hydrogens (tertiary/aromatic N) is 2. The third-order valence-electron chi connectivity index (χ3n) is 2.22. The molecular weight excluding hydrogens is 228 g/mol. The molecule has 1 aromatic rings. The Bertz CT molecular complexity index is 436. The van der Waals surface area contributed by atoms with Crippen LogP contribution in [0.2, 0.25) is 0 Å². The Morgan fingerprint density at radius 3 is 3.19 bits per heavy atom. The maximum Gasteiger partial charge on any atom is 0.305 e. The number of aliphatic carboxylic acids is 1. The van der Waals surface area contributed by atoms with E-state index in [0.717, 1.165) is 5.03 Å². The molecule has 1 aliphatic rings. The lowest BCUT2D eigenvalue weighted by Crippen LogP contribution is -2.37. The van der Waals surface area contributed by atoms with Crippen LogP contribution in [0.1, 0.15) is 6.42 Å². The molecule has 6 heteroatoms. The van der Waals surface area contributed by atoms with Crippen LogP contribution in [0, 0.1) is 0 Å². The molecule has 2 heterocycles. The first-order chi connectivity index (χ1) is 7.68. The number of amides is 1. The number of hydrogen-bond donors (Lipinski definition) is 1. The highest BCUT2D eigenvalue weighted by Gasteiger charge is 2.25. The van der Waals surface area contributed by atoms with Gasteiger partial charge in [0.25, 0.3) is 0 Å². The molecule has 2 rings (SSSR count). The van der Waals surface area contributed by atoms with Gasteiger partial charge in [-0.1, -0.05) is 11.8 Å². The van der Waals surface area contributed by atoms with E-state index in [-0.39, 0.29) is 18.9 Å². The average Bonchev–Trinajstić information content (AvgIpc) is 2.27. The predicted octanol–water partition coefficient (Wildman–Crippen LogP) is 0.995. The molecule has 0 radical (unpaired) electrons. The lowest BCUT2D eigenvalue weighted by molar-refractivity contribution is -0.136. The van der Waals surface area contributed by atoms with Gasteiger partial charge in [0.2, 0.25) is 5.91 Å². The number of hydrogen-bond acceptors (Lipinski definition) is 4. The van der Waals surface area contributed by atoms with Gasteiger partial charge in [-0.25, -0.2) is 4.98 Å². The molecule has 84 valence electrons. The van der Waals surface area contributed by atoms with Gasteiger partial charge >= 0.3 is 5.97 Å². The van der Waals surface area contributed by atoms with E-state index in [9.17, 15) is 9.59 Å². The highest BCUT2D eigenvalue weighted by Crippen LogP contribution is 2.32. The van der Waals surface area contributed by atoms with E-state index in [4.69, 9.17) is 5.11 Å². The Balaban J connectivity index is 2.23. The summed E-state index contributed by atoms with van der Waals surface area (Å²) in [5.41, 5.74) is 0.713. The molecular formula is C10H10N2O3S. The van der Waals surface area contributed by atoms with Crippen LogP contribution in [0.25, 0.3) is 0 Å². The summed E-state index contributed by atoms with van der Waals surface area (Å²) in [4.78, 5) is 27.8. The summed E-state index contributed by atoms with van der Waals surface area (Å²) >= 11 is 1.39. The van der Waals surface area contributed by atoms with Gasteiger partial charge in [-0.05, 0) is 12.1 Å². The molecule has 0 saturated carbocycles. The van der Waals surface area contributed by atoms with Crippen molar-refractivity contribution in [3.05, 3.63) is 18.3 Å². The Labute approximate surface area is 96.5 Å². The van der Waals surface area contributed by atoms with E-state index < -0.39 is 5.97 Å². The second kappa shape index (κ2) is 4.52. The Hall–Kier alpha value is -1.56. The molecule has 1 N–H and O–H groups in total. The quantitative estimate of drug-likeness (QED) is 0.850. The molecule has 0 fully saturated rings. The van der Waals surface area contributed by atoms with E-state index in [1.54, 1.807) is 18.3 Å². The fraction of sp³-hybridized carbons (Fsp3) is 0.300. The molecule has 1 aromatic heterocycles. The fourth-order valence-electron chi connectivity index (χ4n) is 1.49. The second-order valence-corrected chi connectivity index (χ2v) is 4.27. The number of aromatic nitrogens is 1. The van der Waals surface area contributed by atoms with Crippen LogP contribution in [0.4, 0.5) is 5.69 Å². The smallest absolute Gasteiger partial charge is 0.305 e. The summed E-state index contributed by atoms with van der Waals surface area (Å²) in [6.45, 7) is 0.202. The first kappa shape index (κ1) is 10.9. The first-order valence-electron chi connectivity index (χ1n) is 4.78. The summed E-state index contributed by atoms with van der Waals surface area (Å²) in [6.07, 6.45) is 1.61. The van der Waals surface area contributed by atoms with E-state index >= 15 is 0 Å². The standard InChI is InChI=1S/C10H10N2O3S/c13-8-6-16-10-7(2-1-4-11-10)12(8)5-3-9(14)15/h1-2,4H,3,5-6H2,(H,14,15). The van der Waals surface area contributed by atoms with Crippen molar-refractivity contribution in [3.8, 4) is 0 Å². The minimum atomic E-state index is -0.906. The highest BCUT2D eigenvalue weighted by molar-refractivity contribution is 8.00. The fourth-order valence-corrected chi connectivity index (χ4v) is 2.37. The molecule has 0 aromatic carbocycles. The number of fused-ring (bicyclic) bond motifs is 1. The monoisotopic (exact) mass is 238 g/mol. The topological polar surface area (TPSA) is 70.5 Å². The SMILES string of the molecule is O=C(O)CCN1C(=O)CSc2ncccc21. The van der Waals surface area contributed by atoms with E-state index in [2.05, 4.69) is 4.98 Å². The molecule has 16 heavy (non-hydrogen) atoms. The van der Waals surface area contributed by atoms with Crippen LogP contribution in [-0.2, 0) is 9.59 Å². The van der Waals surface area contributed by atoms with Gasteiger partial charge in [0, 0.05) is 12.7 Å². The zero-order valence-electron chi connectivity index (χ0n) is 8.42. The van der Waals surface area contributed by atoms with Crippen molar-refractivity contribution in [1.82, 2.24) is 4.98 Å². The van der Waals surface area contributed by atoms with E-state index in [1.807, 2.05) is 0 Å². The van der Waals surface area contributed by atoms with Crippen molar-refractivity contribution in [1.29, 1.82) is 0 Å². The van der Waals surface area contributed by atoms with Crippen molar-refractivity contribution < 1.29 is 14.7 Å². The lowest BCUT2D eigenvalue weighted by atomic mass is 10.3. The minimum absolute atomic E-state index is 0.0509. The molecule has 0 unspecified atom stereocenters. The summed E-state index contributed by atoms with van der Waals surface area (Å²) in [5, 5.41) is 9.40. The van der Waals surface area contributed by atoms with Crippen molar-refractivity contribution in [2.45, 2.75) is 11.4 Å². The third kappa shape index (κ3) is 2.16. The summed E-state index contributed by atoms with van der Waals surface area (Å²) in [5.74, 6) is -0.646. The van der Waals surface area contributed by atoms with Crippen LogP contribution in [-0.4, -0.2) is 34.3 Å². The van der Waals surface area contributed by atoms with Crippen LogP contribution in [0.15, 0.2) is 23.4 Å². The van der Waals surface area contributed by atoms with Crippen molar-refractivity contribution in [2.24, 2.45) is 0 Å². The number of pyridine rings is 1. The normalized spacial score (nSPS) is 14.8. The Morgan fingerprint density at radius 1 is 1.62 bits per heavy atom. The number of carboxylic acid groups (broad SMARTS) is 1. The Kier molecular flexibility index (Phi) is 3.09. The molecule has 1 amide bonds. The summed E-state index contributed by atoms with van der Waals surface area (Å²) < 4.78 is 0. The Morgan fingerprint density at radius 2 is 2.44 bits per heavy atom. The lowest BCUT2D eigenvalue weighted by Gasteiger charge is -2.27. The van der Waals surface area contributed by atoms with Crippen LogP contribution in [0.5, 0.6) is 0 Å². The van der Waals surface area contributed by atoms with Gasteiger partial charge in [0.1, 0.15) is 5.03 Å². The van der Waals surface area contributed by atoms with Gasteiger partial charge in [-0.15, -0.1) is 0 Å². The van der Waals surface area contributed by atoms with E-state index in [1.165, 1.54) is 16.7 Å². The predicted molar refractivity (Wildman–Crippen MR) is 59.6 cm³/mol. The molecule has 0 bridgehead atoms. The minimum Gasteiger partial charge on any atom is -0.481 e. The number of carbonyl (C=O) groups excluding carboxylic acids is 1. The zero-order valence-corrected chi connectivity index (χ0v) is 9.24. The van der Waals surface area contributed by atoms with Gasteiger partial charge < -0.3 is 10.0 Å². The number of rotatable bonds is 3. The van der Waals surface area contributed by atoms with E-state index in [0.29, 0.717) is 11.4 Å². The largest absolute Gasteiger partial charge is 0.481 e. The van der Waals surface area contributed by atoms with Crippen molar-refractivity contribution >= 4 is 29.3 Å². The number of anilines is 1. The molecule has 5 nitrogen and oxygen atoms in total. The zero-order chi connectivity index (χ0) is 11.5. The second-order valence-electron chi connectivity index (χ2n) is 3.31. The summed E-state index contributed by atoms with van der Waals surface area (Å²) in [7, 11) is 0. The molecule has 0 aliphatic carbocycles. The molecule has 0 spiro atoms. The molecule has 0 atom stereocenters. The number of carbonyl (C=O) groups is 2. The summed E-state index contributed by atoms with van der Waals surface area (Å²) in [6, 6.07) is 3.53. The van der Waals surface area contributed by atoms with Crippen LogP contribution >= 0.6 is 11.8 Å². The van der Waals surface area contributed by atoms with Crippen LogP contribution < -0.4 is 4.90 Å². The average molecular weight is 238 g/mol. The van der Waals surface area contributed by atoms with Crippen molar-refractivity contribution in [3.63, 3.8) is 0 Å². The highest BCUT2D eigenvalue weighted by atomic mass is 32.2. The maximum absolute atomic E-state index is 11.7. The number of carboxylic acids is 1. The number of thioether (sulfide) groups is 1.